The number of methoxy groups -OCH3 is 1. The lowest BCUT2D eigenvalue weighted by Crippen LogP contribution is -2.55. The fourth-order valence-electron chi connectivity index (χ4n) is 15.8. The quantitative estimate of drug-likeness (QED) is 0.0408. The molecule has 4 saturated carbocycles. The molecule has 1 saturated heterocycles. The van der Waals surface area contributed by atoms with Crippen LogP contribution in [0.1, 0.15) is 240 Å². The number of ether oxygens (including phenoxy) is 2. The number of hydrogen-bond acceptors (Lipinski definition) is 8. The minimum Gasteiger partial charge on any atom is -0.396 e. The molecule has 11 atom stereocenters. The standard InChI is InChI=1S/C64H112N4O8/c1-7-9-10-11-12-13-14-15-16-17-18-19-20-21-25-28-59(71)66-52-36-38-63(4)51(43-52)31-32-55-57-34-33-56(64(57,5)39-37-58(55)63)49(3)30-35-61(73)67(46-60(72)65-40-41-76-8-2)45-54(70)27-24-22-23-26-29-62(74)68-44-50(47-69)42-53(68)48-75-6/h15-16,49-53,55-58,69H,7-14,17-48H2,1-6H3,(H,65,72)(H,66,71)/b16-15-/t49-,50-,51?,52+,53+,55?,56-,57?,58?,63+,64-/m1/s1. The predicted molar refractivity (Wildman–Crippen MR) is 306 cm³/mol. The van der Waals surface area contributed by atoms with Crippen molar-refractivity contribution in [2.75, 3.05) is 59.7 Å². The molecule has 0 bridgehead atoms. The van der Waals surface area contributed by atoms with Gasteiger partial charge in [0.05, 0.1) is 32.3 Å². The van der Waals surface area contributed by atoms with Crippen molar-refractivity contribution in [2.45, 2.75) is 252 Å². The molecular formula is C64H112N4O8. The maximum atomic E-state index is 14.0. The summed E-state index contributed by atoms with van der Waals surface area (Å²) in [5.74, 6) is 3.83. The van der Waals surface area contributed by atoms with Crippen molar-refractivity contribution in [1.82, 2.24) is 20.4 Å². The van der Waals surface area contributed by atoms with Crippen LogP contribution in [-0.2, 0) is 33.4 Å². The van der Waals surface area contributed by atoms with Gasteiger partial charge in [0.25, 0.3) is 0 Å². The van der Waals surface area contributed by atoms with Gasteiger partial charge in [0, 0.05) is 71.1 Å². The molecule has 5 fully saturated rings. The molecule has 12 nitrogen and oxygen atoms in total. The van der Waals surface area contributed by atoms with E-state index in [0.29, 0.717) is 100 Å². The third-order valence-electron chi connectivity index (χ3n) is 20.1. The Labute approximate surface area is 462 Å². The smallest absolute Gasteiger partial charge is 0.239 e. The van der Waals surface area contributed by atoms with E-state index in [1.165, 1.54) is 120 Å². The van der Waals surface area contributed by atoms with Gasteiger partial charge >= 0.3 is 0 Å². The van der Waals surface area contributed by atoms with Crippen molar-refractivity contribution in [1.29, 1.82) is 0 Å². The van der Waals surface area contributed by atoms with Gasteiger partial charge in [-0.3, -0.25) is 24.0 Å². The normalized spacial score (nSPS) is 28.4. The van der Waals surface area contributed by atoms with Crippen LogP contribution in [0.5, 0.6) is 0 Å². The molecule has 436 valence electrons. The first-order chi connectivity index (χ1) is 36.8. The highest BCUT2D eigenvalue weighted by Gasteiger charge is 2.60. The van der Waals surface area contributed by atoms with E-state index >= 15 is 0 Å². The van der Waals surface area contributed by atoms with Gasteiger partial charge in [-0.15, -0.1) is 0 Å². The van der Waals surface area contributed by atoms with E-state index in [2.05, 4.69) is 50.5 Å². The lowest BCUT2D eigenvalue weighted by atomic mass is 9.44. The second kappa shape index (κ2) is 34.3. The van der Waals surface area contributed by atoms with E-state index in [0.717, 1.165) is 69.6 Å². The lowest BCUT2D eigenvalue weighted by molar-refractivity contribution is -0.139. The van der Waals surface area contributed by atoms with Crippen LogP contribution in [0.4, 0.5) is 0 Å². The van der Waals surface area contributed by atoms with Crippen molar-refractivity contribution < 1.29 is 38.6 Å². The molecule has 4 unspecified atom stereocenters. The highest BCUT2D eigenvalue weighted by atomic mass is 16.5. The second-order valence-corrected chi connectivity index (χ2v) is 25.5. The number of carbonyl (C=O) groups is 5. The number of nitrogens with zero attached hydrogens (tertiary/aromatic N) is 2. The zero-order chi connectivity index (χ0) is 54.8. The van der Waals surface area contributed by atoms with Crippen LogP contribution in [0.25, 0.3) is 0 Å². The Morgan fingerprint density at radius 3 is 2.08 bits per heavy atom. The molecule has 12 heteroatoms. The Bertz CT molecular complexity index is 1760. The molecule has 0 aromatic rings. The summed E-state index contributed by atoms with van der Waals surface area (Å²) < 4.78 is 10.7. The van der Waals surface area contributed by atoms with Gasteiger partial charge in [-0.25, -0.2) is 0 Å². The van der Waals surface area contributed by atoms with E-state index in [-0.39, 0.29) is 66.5 Å². The molecule has 5 aliphatic rings. The highest BCUT2D eigenvalue weighted by Crippen LogP contribution is 2.68. The average Bonchev–Trinajstić information content (AvgIpc) is 4.07. The van der Waals surface area contributed by atoms with Gasteiger partial charge < -0.3 is 35.0 Å². The molecule has 0 aromatic heterocycles. The summed E-state index contributed by atoms with van der Waals surface area (Å²) in [6.07, 6.45) is 38.7. The Morgan fingerprint density at radius 1 is 0.724 bits per heavy atom. The molecule has 0 spiro atoms. The molecule has 5 rings (SSSR count). The van der Waals surface area contributed by atoms with Gasteiger partial charge in [0.2, 0.25) is 23.6 Å². The fourth-order valence-corrected chi connectivity index (χ4v) is 15.8. The van der Waals surface area contributed by atoms with E-state index in [1.54, 1.807) is 7.11 Å². The van der Waals surface area contributed by atoms with Crippen LogP contribution >= 0.6 is 0 Å². The second-order valence-electron chi connectivity index (χ2n) is 25.5. The van der Waals surface area contributed by atoms with E-state index in [1.807, 2.05) is 11.8 Å². The summed E-state index contributed by atoms with van der Waals surface area (Å²) >= 11 is 0. The van der Waals surface area contributed by atoms with Gasteiger partial charge in [-0.1, -0.05) is 104 Å². The maximum Gasteiger partial charge on any atom is 0.239 e. The number of hydrogen-bond donors (Lipinski definition) is 3. The zero-order valence-corrected chi connectivity index (χ0v) is 49.3. The summed E-state index contributed by atoms with van der Waals surface area (Å²) in [5, 5.41) is 16.0. The maximum absolute atomic E-state index is 14.0. The predicted octanol–water partition coefficient (Wildman–Crippen LogP) is 12.3. The zero-order valence-electron chi connectivity index (χ0n) is 49.3. The van der Waals surface area contributed by atoms with Crippen molar-refractivity contribution in [3.63, 3.8) is 0 Å². The number of aliphatic hydroxyl groups excluding tert-OH is 1. The number of ketones is 1. The van der Waals surface area contributed by atoms with E-state index < -0.39 is 0 Å². The third kappa shape index (κ3) is 19.8. The first kappa shape index (κ1) is 64.0. The number of carbonyl (C=O) groups excluding carboxylic acids is 5. The van der Waals surface area contributed by atoms with Crippen LogP contribution < -0.4 is 10.6 Å². The Kier molecular flexibility index (Phi) is 28.9. The van der Waals surface area contributed by atoms with Crippen LogP contribution in [0.15, 0.2) is 12.2 Å². The number of aliphatic hydroxyl groups is 1. The number of Topliss-reactive ketones (excluding diaryl/α,β-unsaturated/α-hetero) is 1. The van der Waals surface area contributed by atoms with Crippen molar-refractivity contribution in [3.8, 4) is 0 Å². The number of unbranched alkanes of at least 4 members (excludes halogenated alkanes) is 14. The Hall–Kier alpha value is -2.83. The lowest BCUT2D eigenvalue weighted by Gasteiger charge is -2.61. The molecule has 0 aromatic carbocycles. The molecule has 4 aliphatic carbocycles. The molecular weight excluding hydrogens is 953 g/mol. The van der Waals surface area contributed by atoms with Gasteiger partial charge in [-0.2, -0.15) is 0 Å². The first-order valence-electron chi connectivity index (χ1n) is 31.7. The third-order valence-corrected chi connectivity index (χ3v) is 20.1. The molecule has 1 heterocycles. The molecule has 0 radical (unpaired) electrons. The minimum absolute atomic E-state index is 0.0114. The van der Waals surface area contributed by atoms with E-state index in [4.69, 9.17) is 9.47 Å². The molecule has 3 N–H and O–H groups in total. The highest BCUT2D eigenvalue weighted by molar-refractivity contribution is 5.89. The summed E-state index contributed by atoms with van der Waals surface area (Å²) in [5.41, 5.74) is 0.602. The van der Waals surface area contributed by atoms with Gasteiger partial charge in [0.1, 0.15) is 0 Å². The molecule has 1 aliphatic heterocycles. The van der Waals surface area contributed by atoms with Crippen molar-refractivity contribution in [2.24, 2.45) is 52.3 Å². The summed E-state index contributed by atoms with van der Waals surface area (Å²) in [6, 6.07) is 0.331. The van der Waals surface area contributed by atoms with Gasteiger partial charge in [0.15, 0.2) is 5.78 Å². The number of nitrogens with one attached hydrogen (secondary N) is 2. The average molecular weight is 1070 g/mol. The van der Waals surface area contributed by atoms with E-state index in [9.17, 15) is 29.1 Å². The number of allylic oxidation sites excluding steroid dienone is 2. The Morgan fingerprint density at radius 2 is 1.38 bits per heavy atom. The fraction of sp³-hybridized carbons (Fsp3) is 0.891. The SMILES string of the molecule is CCCCCCCC/C=C\CCCCCCCC(=O)N[C@H]1CC[C@@]2(C)C(CCC3C2CC[C@@]2(C)C3CC[C@@H]2[C@H](C)CCC(=O)N(CC(=O)CCCCCCC(=O)N2C[C@H](CO)C[C@H]2COC)CC(=O)NCCOCC)C1. The first-order valence-corrected chi connectivity index (χ1v) is 31.7. The largest absolute Gasteiger partial charge is 0.396 e. The summed E-state index contributed by atoms with van der Waals surface area (Å²) in [6.45, 7) is 14.0. The number of rotatable bonds is 38. The minimum atomic E-state index is -0.275. The van der Waals surface area contributed by atoms with Crippen LogP contribution in [0.2, 0.25) is 0 Å². The molecule has 4 amide bonds. The van der Waals surface area contributed by atoms with Crippen LogP contribution in [0, 0.1) is 52.3 Å². The number of fused-ring (bicyclic) bond motifs is 5. The van der Waals surface area contributed by atoms with Crippen molar-refractivity contribution >= 4 is 29.4 Å². The topological polar surface area (TPSA) is 155 Å². The Balaban J connectivity index is 1.01. The van der Waals surface area contributed by atoms with Crippen LogP contribution in [0.3, 0.4) is 0 Å². The van der Waals surface area contributed by atoms with Gasteiger partial charge in [-0.05, 0) is 169 Å². The summed E-state index contributed by atoms with van der Waals surface area (Å²) in [4.78, 5) is 70.0. The number of amides is 4. The van der Waals surface area contributed by atoms with Crippen molar-refractivity contribution in [3.05, 3.63) is 12.2 Å². The molecule has 76 heavy (non-hydrogen) atoms. The van der Waals surface area contributed by atoms with Crippen LogP contribution in [-0.4, -0.2) is 116 Å². The monoisotopic (exact) mass is 1060 g/mol. The summed E-state index contributed by atoms with van der Waals surface area (Å²) in [7, 11) is 1.64. The number of likely N-dealkylation sites (tertiary alicyclic amines) is 1.